The van der Waals surface area contributed by atoms with Crippen LogP contribution in [0.5, 0.6) is 5.88 Å². The maximum Gasteiger partial charge on any atom is 0.326 e. The lowest BCUT2D eigenvalue weighted by molar-refractivity contribution is 0.454. The van der Waals surface area contributed by atoms with E-state index in [4.69, 9.17) is 4.98 Å². The summed E-state index contributed by atoms with van der Waals surface area (Å²) in [6, 6.07) is 0.301. The molecule has 10 nitrogen and oxygen atoms in total. The SMILES string of the molecule is O=c1[nH]c(O)c(/C=c2\cnn3c(=NC4CC4)nc(N4CCSCC4)nc23)[nH]1. The van der Waals surface area contributed by atoms with Crippen LogP contribution in [0.15, 0.2) is 16.0 Å². The maximum atomic E-state index is 11.4. The van der Waals surface area contributed by atoms with Gasteiger partial charge in [-0.05, 0) is 18.9 Å². The number of rotatable bonds is 3. The first-order chi connectivity index (χ1) is 13.2. The molecule has 0 aromatic carbocycles. The maximum absolute atomic E-state index is 11.4. The van der Waals surface area contributed by atoms with E-state index in [-0.39, 0.29) is 11.6 Å². The molecule has 3 N–H and O–H groups in total. The first-order valence-electron chi connectivity index (χ1n) is 8.83. The number of fused-ring (bicyclic) bond motifs is 1. The van der Waals surface area contributed by atoms with Crippen molar-refractivity contribution in [3.63, 3.8) is 0 Å². The van der Waals surface area contributed by atoms with Crippen molar-refractivity contribution in [2.75, 3.05) is 29.5 Å². The summed E-state index contributed by atoms with van der Waals surface area (Å²) in [5.74, 6) is 2.51. The van der Waals surface area contributed by atoms with Gasteiger partial charge in [0.05, 0.1) is 12.2 Å². The molecule has 0 atom stereocenters. The fourth-order valence-corrected chi connectivity index (χ4v) is 3.88. The van der Waals surface area contributed by atoms with E-state index in [2.05, 4.69) is 29.9 Å². The molecule has 11 heteroatoms. The standard InChI is InChI=1S/C16H18N8O2S/c25-13-11(19-16(26)21-13)7-9-8-17-24-12(9)20-14(23-3-5-27-6-4-23)22-15(24)18-10-1-2-10/h7-8,10,25H,1-6H2,(H2,19,21,26)/b9-7+,18-15?. The molecule has 2 aliphatic rings. The second kappa shape index (κ2) is 6.41. The van der Waals surface area contributed by atoms with Gasteiger partial charge in [0, 0.05) is 29.8 Å². The molecule has 1 aliphatic heterocycles. The quantitative estimate of drug-likeness (QED) is 0.527. The number of hydrogen-bond acceptors (Lipinski definition) is 8. The third kappa shape index (κ3) is 3.18. The number of anilines is 1. The van der Waals surface area contributed by atoms with Gasteiger partial charge >= 0.3 is 5.69 Å². The Bertz CT molecular complexity index is 1170. The minimum atomic E-state index is -0.472. The molecule has 0 radical (unpaired) electrons. The van der Waals surface area contributed by atoms with Crippen molar-refractivity contribution in [1.82, 2.24) is 29.5 Å². The molecule has 4 heterocycles. The fraction of sp³-hybridized carbons (Fsp3) is 0.438. The molecule has 1 saturated carbocycles. The van der Waals surface area contributed by atoms with Crippen molar-refractivity contribution in [2.45, 2.75) is 18.9 Å². The molecular formula is C16H18N8O2S. The van der Waals surface area contributed by atoms with Crippen LogP contribution in [0.1, 0.15) is 18.5 Å². The smallest absolute Gasteiger partial charge is 0.326 e. The van der Waals surface area contributed by atoms with E-state index >= 15 is 0 Å². The zero-order chi connectivity index (χ0) is 18.4. The summed E-state index contributed by atoms with van der Waals surface area (Å²) in [6.45, 7) is 1.78. The Morgan fingerprint density at radius 2 is 2.07 bits per heavy atom. The molecule has 0 unspecified atom stereocenters. The van der Waals surface area contributed by atoms with Crippen molar-refractivity contribution >= 4 is 29.4 Å². The molecule has 140 valence electrons. The molecular weight excluding hydrogens is 368 g/mol. The number of nitrogens with zero attached hydrogens (tertiary/aromatic N) is 6. The monoisotopic (exact) mass is 386 g/mol. The van der Waals surface area contributed by atoms with Gasteiger partial charge in [-0.25, -0.2) is 9.79 Å². The molecule has 0 bridgehead atoms. The van der Waals surface area contributed by atoms with Crippen LogP contribution in [0.2, 0.25) is 0 Å². The van der Waals surface area contributed by atoms with Gasteiger partial charge in [-0.3, -0.25) is 4.98 Å². The Balaban J connectivity index is 1.71. The Labute approximate surface area is 157 Å². The molecule has 3 aromatic rings. The van der Waals surface area contributed by atoms with Gasteiger partial charge in [-0.2, -0.15) is 31.3 Å². The van der Waals surface area contributed by atoms with Gasteiger partial charge < -0.3 is 15.0 Å². The van der Waals surface area contributed by atoms with E-state index in [0.29, 0.717) is 28.5 Å². The summed E-state index contributed by atoms with van der Waals surface area (Å²) in [5, 5.41) is 14.9. The summed E-state index contributed by atoms with van der Waals surface area (Å²) >= 11 is 1.92. The molecule has 0 spiro atoms. The number of imidazole rings is 1. The van der Waals surface area contributed by atoms with Crippen LogP contribution < -0.4 is 21.4 Å². The van der Waals surface area contributed by atoms with Crippen molar-refractivity contribution < 1.29 is 5.11 Å². The van der Waals surface area contributed by atoms with E-state index < -0.39 is 5.69 Å². The second-order valence-electron chi connectivity index (χ2n) is 6.60. The average molecular weight is 386 g/mol. The molecule has 0 amide bonds. The first-order valence-corrected chi connectivity index (χ1v) is 9.98. The highest BCUT2D eigenvalue weighted by molar-refractivity contribution is 7.99. The number of nitrogens with one attached hydrogen (secondary N) is 2. The number of hydrogen-bond donors (Lipinski definition) is 3. The Morgan fingerprint density at radius 3 is 2.78 bits per heavy atom. The lowest BCUT2D eigenvalue weighted by atomic mass is 10.3. The predicted octanol–water partition coefficient (Wildman–Crippen LogP) is -0.990. The van der Waals surface area contributed by atoms with Crippen LogP contribution in [0.25, 0.3) is 11.7 Å². The van der Waals surface area contributed by atoms with E-state index in [1.54, 1.807) is 16.8 Å². The van der Waals surface area contributed by atoms with Crippen LogP contribution in [-0.4, -0.2) is 65.3 Å². The molecule has 1 saturated heterocycles. The largest absolute Gasteiger partial charge is 0.493 e. The van der Waals surface area contributed by atoms with Crippen LogP contribution in [0, 0.1) is 0 Å². The molecule has 27 heavy (non-hydrogen) atoms. The Morgan fingerprint density at radius 1 is 1.26 bits per heavy atom. The number of aromatic hydroxyl groups is 1. The summed E-state index contributed by atoms with van der Waals surface area (Å²) in [4.78, 5) is 32.5. The van der Waals surface area contributed by atoms with E-state index in [0.717, 1.165) is 37.4 Å². The van der Waals surface area contributed by atoms with Crippen molar-refractivity contribution in [3.05, 3.63) is 33.2 Å². The highest BCUT2D eigenvalue weighted by Gasteiger charge is 2.22. The van der Waals surface area contributed by atoms with E-state index in [9.17, 15) is 9.90 Å². The molecule has 2 fully saturated rings. The zero-order valence-corrected chi connectivity index (χ0v) is 15.2. The third-order valence-electron chi connectivity index (χ3n) is 4.54. The fourth-order valence-electron chi connectivity index (χ4n) is 2.97. The number of H-pyrrole nitrogens is 2. The number of thioether (sulfide) groups is 1. The highest BCUT2D eigenvalue weighted by Crippen LogP contribution is 2.22. The molecule has 1 aliphatic carbocycles. The number of aromatic nitrogens is 6. The Hall–Kier alpha value is -2.82. The summed E-state index contributed by atoms with van der Waals surface area (Å²) in [5.41, 5.74) is 0.951. The van der Waals surface area contributed by atoms with Gasteiger partial charge in [0.2, 0.25) is 11.8 Å². The van der Waals surface area contributed by atoms with Gasteiger partial charge in [0.15, 0.2) is 5.65 Å². The Kier molecular flexibility index (Phi) is 3.88. The van der Waals surface area contributed by atoms with E-state index in [1.807, 2.05) is 11.8 Å². The second-order valence-corrected chi connectivity index (χ2v) is 7.83. The lowest BCUT2D eigenvalue weighted by Crippen LogP contribution is -2.36. The third-order valence-corrected chi connectivity index (χ3v) is 5.48. The van der Waals surface area contributed by atoms with Gasteiger partial charge in [-0.15, -0.1) is 0 Å². The molecule has 3 aromatic heterocycles. The van der Waals surface area contributed by atoms with Crippen LogP contribution in [-0.2, 0) is 0 Å². The van der Waals surface area contributed by atoms with E-state index in [1.165, 1.54) is 0 Å². The van der Waals surface area contributed by atoms with Gasteiger partial charge in [0.25, 0.3) is 5.62 Å². The van der Waals surface area contributed by atoms with Crippen LogP contribution in [0.3, 0.4) is 0 Å². The minimum Gasteiger partial charge on any atom is -0.493 e. The van der Waals surface area contributed by atoms with Crippen molar-refractivity contribution in [2.24, 2.45) is 4.99 Å². The normalized spacial score (nSPS) is 19.3. The van der Waals surface area contributed by atoms with Gasteiger partial charge in [0.1, 0.15) is 5.69 Å². The zero-order valence-electron chi connectivity index (χ0n) is 14.4. The summed E-state index contributed by atoms with van der Waals surface area (Å²) < 4.78 is 1.62. The number of aromatic amines is 2. The highest BCUT2D eigenvalue weighted by atomic mass is 32.2. The molecule has 5 rings (SSSR count). The minimum absolute atomic E-state index is 0.218. The summed E-state index contributed by atoms with van der Waals surface area (Å²) in [7, 11) is 0. The topological polar surface area (TPSA) is 128 Å². The van der Waals surface area contributed by atoms with Gasteiger partial charge in [-0.1, -0.05) is 0 Å². The predicted molar refractivity (Wildman–Crippen MR) is 101 cm³/mol. The lowest BCUT2D eigenvalue weighted by Gasteiger charge is -2.26. The first kappa shape index (κ1) is 16.4. The van der Waals surface area contributed by atoms with Crippen LogP contribution in [0.4, 0.5) is 5.95 Å². The van der Waals surface area contributed by atoms with Crippen molar-refractivity contribution in [1.29, 1.82) is 0 Å². The summed E-state index contributed by atoms with van der Waals surface area (Å²) in [6.07, 6.45) is 5.41. The van der Waals surface area contributed by atoms with Crippen molar-refractivity contribution in [3.8, 4) is 5.88 Å². The average Bonchev–Trinajstić information content (AvgIpc) is 3.31. The van der Waals surface area contributed by atoms with Crippen LogP contribution >= 0.6 is 11.8 Å².